The van der Waals surface area contributed by atoms with Crippen LogP contribution in [0.2, 0.25) is 0 Å². The molecular weight excluding hydrogens is 426 g/mol. The average Bonchev–Trinajstić information content (AvgIpc) is 3.55. The second-order valence-electron chi connectivity index (χ2n) is 9.70. The van der Waals surface area contributed by atoms with Crippen molar-refractivity contribution >= 4 is 11.5 Å². The molecule has 6 nitrogen and oxygen atoms in total. The first kappa shape index (κ1) is 21.1. The van der Waals surface area contributed by atoms with Gasteiger partial charge in [-0.05, 0) is 41.8 Å². The van der Waals surface area contributed by atoms with Crippen LogP contribution in [0.5, 0.6) is 17.2 Å². The molecule has 0 radical (unpaired) electrons. The van der Waals surface area contributed by atoms with Crippen molar-refractivity contribution in [3.8, 4) is 28.4 Å². The Labute approximate surface area is 201 Å². The number of rotatable bonds is 6. The second-order valence-corrected chi connectivity index (χ2v) is 9.70. The van der Waals surface area contributed by atoms with Crippen LogP contribution in [-0.2, 0) is 5.41 Å². The lowest BCUT2D eigenvalue weighted by atomic mass is 9.75. The Morgan fingerprint density at radius 2 is 1.85 bits per heavy atom. The average molecular weight is 458 g/mol. The predicted octanol–water partition coefficient (Wildman–Crippen LogP) is 5.23. The van der Waals surface area contributed by atoms with Gasteiger partial charge in [0.1, 0.15) is 18.2 Å². The number of ether oxygens (including phenoxy) is 3. The van der Waals surface area contributed by atoms with E-state index in [1.165, 1.54) is 41.6 Å². The predicted molar refractivity (Wildman–Crippen MR) is 135 cm³/mol. The normalized spacial score (nSPS) is 19.3. The van der Waals surface area contributed by atoms with Gasteiger partial charge in [0.05, 0.1) is 5.41 Å². The molecule has 2 aromatic carbocycles. The largest absolute Gasteiger partial charge is 0.492 e. The monoisotopic (exact) mass is 457 g/mol. The van der Waals surface area contributed by atoms with Crippen LogP contribution in [0.4, 0.5) is 11.5 Å². The summed E-state index contributed by atoms with van der Waals surface area (Å²) in [6, 6.07) is 15.1. The Morgan fingerprint density at radius 1 is 1.00 bits per heavy atom. The minimum absolute atomic E-state index is 0.255. The molecule has 1 unspecified atom stereocenters. The van der Waals surface area contributed by atoms with Crippen LogP contribution < -0.4 is 24.0 Å². The van der Waals surface area contributed by atoms with Crippen molar-refractivity contribution in [1.82, 2.24) is 4.98 Å². The smallest absolute Gasteiger partial charge is 0.231 e. The van der Waals surface area contributed by atoms with E-state index in [9.17, 15) is 0 Å². The minimum atomic E-state index is -0.255. The van der Waals surface area contributed by atoms with E-state index in [1.807, 2.05) is 31.3 Å². The minimum Gasteiger partial charge on any atom is -0.492 e. The molecule has 6 rings (SSSR count). The summed E-state index contributed by atoms with van der Waals surface area (Å²) in [5.41, 5.74) is 5.94. The van der Waals surface area contributed by atoms with Crippen molar-refractivity contribution in [2.24, 2.45) is 0 Å². The molecule has 6 heteroatoms. The van der Waals surface area contributed by atoms with Gasteiger partial charge in [-0.15, -0.1) is 0 Å². The van der Waals surface area contributed by atoms with E-state index in [4.69, 9.17) is 19.2 Å². The summed E-state index contributed by atoms with van der Waals surface area (Å²) in [7, 11) is 4.03. The fourth-order valence-corrected chi connectivity index (χ4v) is 5.63. The lowest BCUT2D eigenvalue weighted by Crippen LogP contribution is -2.36. The van der Waals surface area contributed by atoms with Gasteiger partial charge in [-0.1, -0.05) is 31.9 Å². The summed E-state index contributed by atoms with van der Waals surface area (Å²) in [5, 5.41) is 0. The van der Waals surface area contributed by atoms with Gasteiger partial charge in [0.25, 0.3) is 0 Å². The van der Waals surface area contributed by atoms with Crippen molar-refractivity contribution in [2.45, 2.75) is 31.6 Å². The lowest BCUT2D eigenvalue weighted by Gasteiger charge is -2.26. The van der Waals surface area contributed by atoms with Gasteiger partial charge in [0.2, 0.25) is 6.79 Å². The molecule has 0 saturated heterocycles. The van der Waals surface area contributed by atoms with E-state index in [2.05, 4.69) is 48.2 Å². The quantitative estimate of drug-likeness (QED) is 0.472. The van der Waals surface area contributed by atoms with Gasteiger partial charge in [0.15, 0.2) is 11.5 Å². The number of hydrogen-bond donors (Lipinski definition) is 0. The fraction of sp³-hybridized carbons (Fsp3) is 0.393. The Hall–Kier alpha value is -3.41. The van der Waals surface area contributed by atoms with Gasteiger partial charge in [-0.2, -0.15) is 0 Å². The summed E-state index contributed by atoms with van der Waals surface area (Å²) in [6.45, 7) is 5.08. The number of benzene rings is 2. The van der Waals surface area contributed by atoms with E-state index in [1.54, 1.807) is 0 Å². The van der Waals surface area contributed by atoms with E-state index in [0.29, 0.717) is 6.61 Å². The van der Waals surface area contributed by atoms with Crippen LogP contribution in [0, 0.1) is 0 Å². The molecule has 176 valence electrons. The van der Waals surface area contributed by atoms with Gasteiger partial charge in [0, 0.05) is 56.3 Å². The van der Waals surface area contributed by atoms with Crippen molar-refractivity contribution in [2.75, 3.05) is 50.4 Å². The highest BCUT2D eigenvalue weighted by atomic mass is 16.7. The highest BCUT2D eigenvalue weighted by molar-refractivity contribution is 5.82. The molecule has 3 aromatic rings. The Bertz CT molecular complexity index is 1220. The second kappa shape index (κ2) is 8.12. The molecule has 3 aliphatic rings. The number of fused-ring (bicyclic) bond motifs is 5. The molecule has 0 bridgehead atoms. The molecule has 4 heterocycles. The van der Waals surface area contributed by atoms with E-state index >= 15 is 0 Å². The third kappa shape index (κ3) is 3.19. The Balaban J connectivity index is 1.51. The molecule has 0 fully saturated rings. The van der Waals surface area contributed by atoms with Crippen LogP contribution in [0.15, 0.2) is 48.7 Å². The maximum absolute atomic E-state index is 6.35. The van der Waals surface area contributed by atoms with Crippen LogP contribution >= 0.6 is 0 Å². The van der Waals surface area contributed by atoms with Crippen LogP contribution in [0.25, 0.3) is 11.1 Å². The number of aromatic nitrogens is 1. The van der Waals surface area contributed by atoms with E-state index in [0.717, 1.165) is 41.7 Å². The number of hydrogen-bond acceptors (Lipinski definition) is 6. The number of nitrogens with zero attached hydrogens (tertiary/aromatic N) is 3. The van der Waals surface area contributed by atoms with Gasteiger partial charge >= 0.3 is 0 Å². The Kier molecular flexibility index (Phi) is 5.05. The summed E-state index contributed by atoms with van der Waals surface area (Å²) in [5.74, 6) is 3.44. The van der Waals surface area contributed by atoms with Crippen LogP contribution in [0.3, 0.4) is 0 Å². The molecule has 1 atom stereocenters. The molecule has 1 spiro atoms. The van der Waals surface area contributed by atoms with Crippen LogP contribution in [-0.4, -0.2) is 45.6 Å². The zero-order chi connectivity index (χ0) is 23.3. The van der Waals surface area contributed by atoms with Crippen molar-refractivity contribution in [3.63, 3.8) is 0 Å². The summed E-state index contributed by atoms with van der Waals surface area (Å²) < 4.78 is 17.7. The number of pyridine rings is 1. The molecule has 3 aliphatic heterocycles. The first-order chi connectivity index (χ1) is 16.6. The van der Waals surface area contributed by atoms with E-state index in [-0.39, 0.29) is 12.2 Å². The van der Waals surface area contributed by atoms with Crippen molar-refractivity contribution < 1.29 is 14.2 Å². The lowest BCUT2D eigenvalue weighted by molar-refractivity contribution is 0.173. The van der Waals surface area contributed by atoms with Gasteiger partial charge in [-0.3, -0.25) is 0 Å². The highest BCUT2D eigenvalue weighted by Crippen LogP contribution is 2.56. The zero-order valence-corrected chi connectivity index (χ0v) is 20.1. The first-order valence-electron chi connectivity index (χ1n) is 12.2. The zero-order valence-electron chi connectivity index (χ0n) is 20.1. The van der Waals surface area contributed by atoms with Crippen molar-refractivity contribution in [1.29, 1.82) is 0 Å². The molecule has 0 saturated carbocycles. The van der Waals surface area contributed by atoms with Gasteiger partial charge in [-0.25, -0.2) is 4.98 Å². The number of anilines is 2. The summed E-state index contributed by atoms with van der Waals surface area (Å²) in [6.07, 6.45) is 5.63. The van der Waals surface area contributed by atoms with Gasteiger partial charge < -0.3 is 24.0 Å². The first-order valence-corrected chi connectivity index (χ1v) is 12.2. The maximum Gasteiger partial charge on any atom is 0.231 e. The van der Waals surface area contributed by atoms with Crippen molar-refractivity contribution in [3.05, 3.63) is 59.8 Å². The Morgan fingerprint density at radius 3 is 2.62 bits per heavy atom. The topological polar surface area (TPSA) is 47.1 Å². The highest BCUT2D eigenvalue weighted by Gasteiger charge is 2.51. The third-order valence-corrected chi connectivity index (χ3v) is 7.34. The maximum atomic E-state index is 6.35. The molecular formula is C28H31N3O3. The van der Waals surface area contributed by atoms with Crippen LogP contribution in [0.1, 0.15) is 37.3 Å². The standard InChI is InChI=1S/C28H31N3O3/c1-4-5-6-12-31-16-28(17-32-23-14-25-24(13-21(23)28)33-18-34-25)27-20(8-7-9-22(27)31)19-10-11-26(29-15-19)30(2)3/h7-11,13-15H,4-6,12,16-18H2,1-3H3. The molecule has 1 aromatic heterocycles. The molecule has 0 aliphatic carbocycles. The molecule has 0 amide bonds. The van der Waals surface area contributed by atoms with E-state index < -0.39 is 0 Å². The molecule has 34 heavy (non-hydrogen) atoms. The summed E-state index contributed by atoms with van der Waals surface area (Å²) in [4.78, 5) is 9.29. The fourth-order valence-electron chi connectivity index (χ4n) is 5.63. The SMILES string of the molecule is CCCCCN1CC2(COc3cc4c(cc32)OCO4)c2c(-c3ccc(N(C)C)nc3)cccc21. The number of unbranched alkanes of at least 4 members (excludes halogenated alkanes) is 2. The third-order valence-electron chi connectivity index (χ3n) is 7.34. The summed E-state index contributed by atoms with van der Waals surface area (Å²) >= 11 is 0. The molecule has 0 N–H and O–H groups in total.